The van der Waals surface area contributed by atoms with Crippen LogP contribution in [0.4, 0.5) is 0 Å². The molecule has 5 heteroatoms. The van der Waals surface area contributed by atoms with Crippen LogP contribution in [0.25, 0.3) is 0 Å². The van der Waals surface area contributed by atoms with E-state index in [4.69, 9.17) is 20.4 Å². The number of nitrogens with two attached hydrogens (primary N) is 1. The van der Waals surface area contributed by atoms with Gasteiger partial charge in [0.15, 0.2) is 17.3 Å². The number of amidine groups is 1. The van der Waals surface area contributed by atoms with Gasteiger partial charge >= 0.3 is 0 Å². The van der Waals surface area contributed by atoms with Crippen LogP contribution in [0.3, 0.4) is 0 Å². The Hall–Kier alpha value is -2.69. The number of hydrogen-bond acceptors (Lipinski definition) is 4. The van der Waals surface area contributed by atoms with Crippen LogP contribution in [-0.2, 0) is 6.61 Å². The molecule has 0 atom stereocenters. The number of oxime groups is 1. The van der Waals surface area contributed by atoms with Gasteiger partial charge in [-0.15, -0.1) is 0 Å². The third kappa shape index (κ3) is 3.89. The molecule has 0 aliphatic carbocycles. The van der Waals surface area contributed by atoms with Crippen molar-refractivity contribution < 1.29 is 14.7 Å². The first-order valence-electron chi connectivity index (χ1n) is 6.66. The molecule has 110 valence electrons. The molecule has 21 heavy (non-hydrogen) atoms. The molecule has 0 saturated heterocycles. The van der Waals surface area contributed by atoms with Crippen LogP contribution in [0.15, 0.2) is 53.7 Å². The van der Waals surface area contributed by atoms with E-state index in [1.807, 2.05) is 49.4 Å². The van der Waals surface area contributed by atoms with Gasteiger partial charge in [-0.1, -0.05) is 35.5 Å². The van der Waals surface area contributed by atoms with Gasteiger partial charge in [-0.25, -0.2) is 0 Å². The molecule has 0 saturated carbocycles. The summed E-state index contributed by atoms with van der Waals surface area (Å²) in [7, 11) is 0. The average molecular weight is 286 g/mol. The van der Waals surface area contributed by atoms with Crippen molar-refractivity contribution in [1.29, 1.82) is 0 Å². The standard InChI is InChI=1S/C16H18N2O3/c1-2-20-14-8-3-4-9-15(14)21-11-12-6-5-7-13(10-12)16(17)18-19/h3-10,19H,2,11H2,1H3,(H2,17,18). The van der Waals surface area contributed by atoms with Gasteiger partial charge < -0.3 is 20.4 Å². The van der Waals surface area contributed by atoms with Crippen LogP contribution < -0.4 is 15.2 Å². The lowest BCUT2D eigenvalue weighted by atomic mass is 10.1. The van der Waals surface area contributed by atoms with Crippen LogP contribution in [0.1, 0.15) is 18.1 Å². The maximum Gasteiger partial charge on any atom is 0.170 e. The monoisotopic (exact) mass is 286 g/mol. The van der Waals surface area contributed by atoms with Gasteiger partial charge in [0.05, 0.1) is 6.61 Å². The van der Waals surface area contributed by atoms with E-state index < -0.39 is 0 Å². The first-order chi connectivity index (χ1) is 10.2. The highest BCUT2D eigenvalue weighted by Gasteiger charge is 2.05. The largest absolute Gasteiger partial charge is 0.490 e. The summed E-state index contributed by atoms with van der Waals surface area (Å²) in [6.45, 7) is 2.88. The quantitative estimate of drug-likeness (QED) is 0.370. The summed E-state index contributed by atoms with van der Waals surface area (Å²) in [5.74, 6) is 1.48. The molecule has 0 fully saturated rings. The SMILES string of the molecule is CCOc1ccccc1OCc1cccc(/C(N)=N/O)c1. The van der Waals surface area contributed by atoms with E-state index in [2.05, 4.69) is 5.16 Å². The molecular weight excluding hydrogens is 268 g/mol. The summed E-state index contributed by atoms with van der Waals surface area (Å²) < 4.78 is 11.3. The summed E-state index contributed by atoms with van der Waals surface area (Å²) in [6, 6.07) is 14.9. The zero-order valence-electron chi connectivity index (χ0n) is 11.8. The Labute approximate surface area is 123 Å². The lowest BCUT2D eigenvalue weighted by molar-refractivity contribution is 0.269. The summed E-state index contributed by atoms with van der Waals surface area (Å²) in [5, 5.41) is 11.7. The topological polar surface area (TPSA) is 77.1 Å². The first kappa shape index (κ1) is 14.7. The number of rotatable bonds is 6. The van der Waals surface area contributed by atoms with Gasteiger partial charge in [0.2, 0.25) is 0 Å². The Morgan fingerprint density at radius 2 is 1.81 bits per heavy atom. The summed E-state index contributed by atoms with van der Waals surface area (Å²) in [6.07, 6.45) is 0. The molecular formula is C16H18N2O3. The van der Waals surface area contributed by atoms with E-state index in [1.165, 1.54) is 0 Å². The molecule has 2 aromatic carbocycles. The lowest BCUT2D eigenvalue weighted by Gasteiger charge is -2.12. The molecule has 0 aromatic heterocycles. The van der Waals surface area contributed by atoms with E-state index in [9.17, 15) is 0 Å². The predicted molar refractivity (Wildman–Crippen MR) is 80.9 cm³/mol. The molecule has 0 bridgehead atoms. The first-order valence-corrected chi connectivity index (χ1v) is 6.66. The molecule has 0 radical (unpaired) electrons. The van der Waals surface area contributed by atoms with Crippen molar-refractivity contribution in [2.75, 3.05) is 6.61 Å². The lowest BCUT2D eigenvalue weighted by Crippen LogP contribution is -2.13. The van der Waals surface area contributed by atoms with Crippen LogP contribution in [0.2, 0.25) is 0 Å². The van der Waals surface area contributed by atoms with Crippen LogP contribution in [-0.4, -0.2) is 17.6 Å². The third-order valence-electron chi connectivity index (χ3n) is 2.87. The molecule has 0 aliphatic rings. The van der Waals surface area contributed by atoms with Gasteiger partial charge in [-0.05, 0) is 30.7 Å². The predicted octanol–water partition coefficient (Wildman–Crippen LogP) is 2.76. The highest BCUT2D eigenvalue weighted by atomic mass is 16.5. The fourth-order valence-electron chi connectivity index (χ4n) is 1.88. The van der Waals surface area contributed by atoms with Crippen molar-refractivity contribution in [3.05, 3.63) is 59.7 Å². The normalized spacial score (nSPS) is 11.2. The molecule has 0 heterocycles. The van der Waals surface area contributed by atoms with E-state index in [0.29, 0.717) is 30.3 Å². The van der Waals surface area contributed by atoms with Crippen molar-refractivity contribution in [2.45, 2.75) is 13.5 Å². The van der Waals surface area contributed by atoms with Crippen molar-refractivity contribution in [1.82, 2.24) is 0 Å². The Kier molecular flexibility index (Phi) is 5.04. The van der Waals surface area contributed by atoms with Crippen molar-refractivity contribution >= 4 is 5.84 Å². The van der Waals surface area contributed by atoms with E-state index in [1.54, 1.807) is 6.07 Å². The summed E-state index contributed by atoms with van der Waals surface area (Å²) >= 11 is 0. The van der Waals surface area contributed by atoms with Gasteiger partial charge in [0.25, 0.3) is 0 Å². The number of para-hydroxylation sites is 2. The Morgan fingerprint density at radius 3 is 2.48 bits per heavy atom. The van der Waals surface area contributed by atoms with E-state index >= 15 is 0 Å². The van der Waals surface area contributed by atoms with Crippen molar-refractivity contribution in [3.8, 4) is 11.5 Å². The summed E-state index contributed by atoms with van der Waals surface area (Å²) in [5.41, 5.74) is 7.14. The fourth-order valence-corrected chi connectivity index (χ4v) is 1.88. The molecule has 0 aliphatic heterocycles. The van der Waals surface area contributed by atoms with Crippen LogP contribution >= 0.6 is 0 Å². The smallest absolute Gasteiger partial charge is 0.170 e. The number of ether oxygens (including phenoxy) is 2. The van der Waals surface area contributed by atoms with Crippen molar-refractivity contribution in [2.24, 2.45) is 10.9 Å². The van der Waals surface area contributed by atoms with E-state index in [-0.39, 0.29) is 5.84 Å². The van der Waals surface area contributed by atoms with Crippen LogP contribution in [0, 0.1) is 0 Å². The molecule has 0 amide bonds. The summed E-state index contributed by atoms with van der Waals surface area (Å²) in [4.78, 5) is 0. The second-order valence-electron chi connectivity index (χ2n) is 4.35. The minimum absolute atomic E-state index is 0.0755. The zero-order valence-corrected chi connectivity index (χ0v) is 11.8. The highest BCUT2D eigenvalue weighted by Crippen LogP contribution is 2.27. The minimum atomic E-state index is 0.0755. The average Bonchev–Trinajstić information content (AvgIpc) is 2.54. The van der Waals surface area contributed by atoms with Gasteiger partial charge in [-0.3, -0.25) is 0 Å². The van der Waals surface area contributed by atoms with Gasteiger partial charge in [0, 0.05) is 5.56 Å². The van der Waals surface area contributed by atoms with Gasteiger partial charge in [0.1, 0.15) is 6.61 Å². The van der Waals surface area contributed by atoms with E-state index in [0.717, 1.165) is 5.56 Å². The number of hydrogen-bond donors (Lipinski definition) is 2. The van der Waals surface area contributed by atoms with Crippen molar-refractivity contribution in [3.63, 3.8) is 0 Å². The second-order valence-corrected chi connectivity index (χ2v) is 4.35. The Balaban J connectivity index is 2.10. The second kappa shape index (κ2) is 7.19. The molecule has 2 aromatic rings. The molecule has 3 N–H and O–H groups in total. The molecule has 0 unspecified atom stereocenters. The molecule has 5 nitrogen and oxygen atoms in total. The zero-order chi connectivity index (χ0) is 15.1. The van der Waals surface area contributed by atoms with Crippen LogP contribution in [0.5, 0.6) is 11.5 Å². The molecule has 0 spiro atoms. The molecule has 2 rings (SSSR count). The highest BCUT2D eigenvalue weighted by molar-refractivity contribution is 5.97. The number of benzene rings is 2. The third-order valence-corrected chi connectivity index (χ3v) is 2.87. The Bertz CT molecular complexity index is 626. The fraction of sp³-hybridized carbons (Fsp3) is 0.188. The minimum Gasteiger partial charge on any atom is -0.490 e. The maximum absolute atomic E-state index is 8.70. The Morgan fingerprint density at radius 1 is 1.10 bits per heavy atom. The maximum atomic E-state index is 8.70. The van der Waals surface area contributed by atoms with Gasteiger partial charge in [-0.2, -0.15) is 0 Å². The number of nitrogens with zero attached hydrogens (tertiary/aromatic N) is 1.